The van der Waals surface area contributed by atoms with Crippen molar-refractivity contribution >= 4 is 0 Å². The molecular formula is C14H24N2O. The summed E-state index contributed by atoms with van der Waals surface area (Å²) in [5.74, 6) is 1.13. The lowest BCUT2D eigenvalue weighted by Gasteiger charge is -2.26. The number of hydrogen-bond acceptors (Lipinski definition) is 3. The van der Waals surface area contributed by atoms with E-state index >= 15 is 0 Å². The molecule has 1 unspecified atom stereocenters. The molecule has 96 valence electrons. The number of rotatable bonds is 4. The lowest BCUT2D eigenvalue weighted by molar-refractivity contribution is 0.188. The van der Waals surface area contributed by atoms with Gasteiger partial charge in [-0.3, -0.25) is 4.90 Å². The minimum atomic E-state index is 0.685. The molecular weight excluding hydrogens is 212 g/mol. The molecule has 0 spiro atoms. The molecule has 1 saturated heterocycles. The van der Waals surface area contributed by atoms with E-state index in [0.717, 1.165) is 18.8 Å². The SMILES string of the molecule is CNCc1ccoc1CN1CCCCCC1C. The maximum atomic E-state index is 5.63. The molecule has 0 bridgehead atoms. The molecule has 17 heavy (non-hydrogen) atoms. The Hall–Kier alpha value is -0.800. The highest BCUT2D eigenvalue weighted by atomic mass is 16.3. The van der Waals surface area contributed by atoms with E-state index in [1.165, 1.54) is 37.8 Å². The van der Waals surface area contributed by atoms with Gasteiger partial charge in [0, 0.05) is 18.2 Å². The van der Waals surface area contributed by atoms with Crippen LogP contribution >= 0.6 is 0 Å². The quantitative estimate of drug-likeness (QED) is 0.871. The second kappa shape index (κ2) is 6.22. The van der Waals surface area contributed by atoms with Crippen LogP contribution in [-0.4, -0.2) is 24.5 Å². The summed E-state index contributed by atoms with van der Waals surface area (Å²) in [5.41, 5.74) is 1.30. The van der Waals surface area contributed by atoms with Crippen LogP contribution in [0.4, 0.5) is 0 Å². The highest BCUT2D eigenvalue weighted by Gasteiger charge is 2.19. The zero-order chi connectivity index (χ0) is 12.1. The van der Waals surface area contributed by atoms with Gasteiger partial charge in [-0.05, 0) is 39.4 Å². The van der Waals surface area contributed by atoms with Crippen molar-refractivity contribution in [2.24, 2.45) is 0 Å². The van der Waals surface area contributed by atoms with Crippen molar-refractivity contribution in [1.29, 1.82) is 0 Å². The molecule has 0 aromatic carbocycles. The molecule has 1 aliphatic rings. The predicted octanol–water partition coefficient (Wildman–Crippen LogP) is 2.76. The van der Waals surface area contributed by atoms with Crippen LogP contribution in [-0.2, 0) is 13.1 Å². The summed E-state index contributed by atoms with van der Waals surface area (Å²) in [6.07, 6.45) is 7.21. The third-order valence-electron chi connectivity index (χ3n) is 3.74. The van der Waals surface area contributed by atoms with Crippen LogP contribution < -0.4 is 5.32 Å². The van der Waals surface area contributed by atoms with Gasteiger partial charge in [0.2, 0.25) is 0 Å². The third-order valence-corrected chi connectivity index (χ3v) is 3.74. The normalized spacial score (nSPS) is 22.6. The average Bonchev–Trinajstić information content (AvgIpc) is 2.64. The molecule has 0 aliphatic carbocycles. The summed E-state index contributed by atoms with van der Waals surface area (Å²) in [6, 6.07) is 2.76. The fraction of sp³-hybridized carbons (Fsp3) is 0.714. The summed E-state index contributed by atoms with van der Waals surface area (Å²) in [7, 11) is 1.98. The van der Waals surface area contributed by atoms with Gasteiger partial charge in [-0.2, -0.15) is 0 Å². The van der Waals surface area contributed by atoms with E-state index in [9.17, 15) is 0 Å². The van der Waals surface area contributed by atoms with E-state index in [1.54, 1.807) is 0 Å². The Kier molecular flexibility index (Phi) is 4.63. The number of hydrogen-bond donors (Lipinski definition) is 1. The van der Waals surface area contributed by atoms with E-state index < -0.39 is 0 Å². The Balaban J connectivity index is 2.00. The molecule has 0 radical (unpaired) electrons. The van der Waals surface area contributed by atoms with Gasteiger partial charge < -0.3 is 9.73 Å². The van der Waals surface area contributed by atoms with Crippen molar-refractivity contribution in [1.82, 2.24) is 10.2 Å². The van der Waals surface area contributed by atoms with Gasteiger partial charge in [-0.1, -0.05) is 12.8 Å². The van der Waals surface area contributed by atoms with E-state index in [1.807, 2.05) is 13.3 Å². The van der Waals surface area contributed by atoms with E-state index in [0.29, 0.717) is 6.04 Å². The Bertz CT molecular complexity index is 335. The van der Waals surface area contributed by atoms with Gasteiger partial charge in [0.05, 0.1) is 12.8 Å². The van der Waals surface area contributed by atoms with Gasteiger partial charge in [-0.15, -0.1) is 0 Å². The second-order valence-electron chi connectivity index (χ2n) is 5.07. The average molecular weight is 236 g/mol. The highest BCUT2D eigenvalue weighted by molar-refractivity contribution is 5.16. The summed E-state index contributed by atoms with van der Waals surface area (Å²) < 4.78 is 5.63. The monoisotopic (exact) mass is 236 g/mol. The van der Waals surface area contributed by atoms with Crippen LogP contribution in [0.15, 0.2) is 16.7 Å². The standard InChI is InChI=1S/C14H24N2O/c1-12-6-4-3-5-8-16(12)11-14-13(10-15-2)7-9-17-14/h7,9,12,15H,3-6,8,10-11H2,1-2H3. The van der Waals surface area contributed by atoms with Gasteiger partial charge in [0.15, 0.2) is 0 Å². The first-order valence-electron chi connectivity index (χ1n) is 6.75. The maximum absolute atomic E-state index is 5.63. The zero-order valence-corrected chi connectivity index (χ0v) is 11.0. The Labute approximate surface area is 104 Å². The minimum absolute atomic E-state index is 0.685. The summed E-state index contributed by atoms with van der Waals surface area (Å²) >= 11 is 0. The van der Waals surface area contributed by atoms with Crippen molar-refractivity contribution in [3.05, 3.63) is 23.7 Å². The summed E-state index contributed by atoms with van der Waals surface area (Å²) in [6.45, 7) is 5.41. The fourth-order valence-corrected chi connectivity index (χ4v) is 2.61. The topological polar surface area (TPSA) is 28.4 Å². The lowest BCUT2D eigenvalue weighted by atomic mass is 10.1. The van der Waals surface area contributed by atoms with Crippen molar-refractivity contribution in [2.75, 3.05) is 13.6 Å². The van der Waals surface area contributed by atoms with E-state index in [-0.39, 0.29) is 0 Å². The first-order valence-corrected chi connectivity index (χ1v) is 6.75. The van der Waals surface area contributed by atoms with Crippen LogP contribution in [0.25, 0.3) is 0 Å². The Morgan fingerprint density at radius 1 is 1.41 bits per heavy atom. The second-order valence-corrected chi connectivity index (χ2v) is 5.07. The molecule has 1 N–H and O–H groups in total. The molecule has 0 saturated carbocycles. The molecule has 2 heterocycles. The van der Waals surface area contributed by atoms with Crippen LogP contribution in [0, 0.1) is 0 Å². The highest BCUT2D eigenvalue weighted by Crippen LogP contribution is 2.20. The van der Waals surface area contributed by atoms with Crippen molar-refractivity contribution in [3.8, 4) is 0 Å². The fourth-order valence-electron chi connectivity index (χ4n) is 2.61. The maximum Gasteiger partial charge on any atom is 0.122 e. The zero-order valence-electron chi connectivity index (χ0n) is 11.0. The van der Waals surface area contributed by atoms with Gasteiger partial charge in [0.25, 0.3) is 0 Å². The molecule has 1 atom stereocenters. The van der Waals surface area contributed by atoms with Crippen LogP contribution in [0.1, 0.15) is 43.9 Å². The number of furan rings is 1. The number of likely N-dealkylation sites (tertiary alicyclic amines) is 1. The molecule has 1 fully saturated rings. The van der Waals surface area contributed by atoms with Crippen molar-refractivity contribution in [3.63, 3.8) is 0 Å². The van der Waals surface area contributed by atoms with E-state index in [2.05, 4.69) is 23.2 Å². The smallest absolute Gasteiger partial charge is 0.122 e. The third kappa shape index (κ3) is 3.33. The van der Waals surface area contributed by atoms with Crippen LogP contribution in [0.3, 0.4) is 0 Å². The largest absolute Gasteiger partial charge is 0.468 e. The van der Waals surface area contributed by atoms with Crippen molar-refractivity contribution < 1.29 is 4.42 Å². The molecule has 1 aromatic rings. The Morgan fingerprint density at radius 2 is 2.29 bits per heavy atom. The van der Waals surface area contributed by atoms with Crippen molar-refractivity contribution in [2.45, 2.75) is 51.7 Å². The molecule has 3 nitrogen and oxygen atoms in total. The summed E-state index contributed by atoms with van der Waals surface area (Å²) in [4.78, 5) is 2.56. The number of nitrogens with zero attached hydrogens (tertiary/aromatic N) is 1. The molecule has 1 aliphatic heterocycles. The van der Waals surface area contributed by atoms with Gasteiger partial charge in [0.1, 0.15) is 5.76 Å². The molecule has 0 amide bonds. The first-order chi connectivity index (χ1) is 8.31. The molecule has 2 rings (SSSR count). The predicted molar refractivity (Wildman–Crippen MR) is 69.8 cm³/mol. The van der Waals surface area contributed by atoms with Crippen LogP contribution in [0.2, 0.25) is 0 Å². The van der Waals surface area contributed by atoms with Gasteiger partial charge in [-0.25, -0.2) is 0 Å². The number of nitrogens with one attached hydrogen (secondary N) is 1. The van der Waals surface area contributed by atoms with Gasteiger partial charge >= 0.3 is 0 Å². The lowest BCUT2D eigenvalue weighted by Crippen LogP contribution is -2.32. The molecule has 3 heteroatoms. The van der Waals surface area contributed by atoms with E-state index in [4.69, 9.17) is 4.42 Å². The molecule has 1 aromatic heterocycles. The Morgan fingerprint density at radius 3 is 3.12 bits per heavy atom. The minimum Gasteiger partial charge on any atom is -0.468 e. The first kappa shape index (κ1) is 12.7. The summed E-state index contributed by atoms with van der Waals surface area (Å²) in [5, 5.41) is 3.19. The van der Waals surface area contributed by atoms with Crippen LogP contribution in [0.5, 0.6) is 0 Å².